The molecular formula is C8H13NO2Si. The average molecular weight is 183 g/mol. The van der Waals surface area contributed by atoms with Crippen molar-refractivity contribution in [2.24, 2.45) is 0 Å². The largest absolute Gasteiger partial charge is 0.447 e. The van der Waals surface area contributed by atoms with E-state index in [1.807, 2.05) is 0 Å². The minimum atomic E-state index is -1.36. The van der Waals surface area contributed by atoms with Gasteiger partial charge in [-0.1, -0.05) is 19.6 Å². The van der Waals surface area contributed by atoms with Gasteiger partial charge in [0.1, 0.15) is 14.7 Å². The van der Waals surface area contributed by atoms with Crippen molar-refractivity contribution < 1.29 is 9.53 Å². The molecule has 0 aromatic carbocycles. The summed E-state index contributed by atoms with van der Waals surface area (Å²) >= 11 is 0. The Morgan fingerprint density at radius 3 is 2.58 bits per heavy atom. The summed E-state index contributed by atoms with van der Waals surface area (Å²) in [4.78, 5) is 12.4. The number of nitrogens with zero attached hydrogens (tertiary/aromatic N) is 1. The van der Waals surface area contributed by atoms with Crippen LogP contribution >= 0.6 is 0 Å². The molecule has 4 heteroatoms. The first kappa shape index (κ1) is 9.14. The number of cyclic esters (lactones) is 1. The first-order valence-corrected chi connectivity index (χ1v) is 7.46. The van der Waals surface area contributed by atoms with Crippen molar-refractivity contribution >= 4 is 14.2 Å². The average Bonchev–Trinajstić information content (AvgIpc) is 2.29. The van der Waals surface area contributed by atoms with E-state index in [1.165, 1.54) is 4.90 Å². The summed E-state index contributed by atoms with van der Waals surface area (Å²) in [5.74, 6) is 0. The zero-order valence-electron chi connectivity index (χ0n) is 7.68. The van der Waals surface area contributed by atoms with Crippen LogP contribution in [-0.2, 0) is 4.74 Å². The normalized spacial score (nSPS) is 16.9. The Labute approximate surface area is 73.7 Å². The van der Waals surface area contributed by atoms with E-state index >= 15 is 0 Å². The van der Waals surface area contributed by atoms with E-state index in [1.54, 1.807) is 0 Å². The Kier molecular flexibility index (Phi) is 2.43. The number of hydrogen-bond acceptors (Lipinski definition) is 2. The number of rotatable bonds is 0. The third kappa shape index (κ3) is 2.59. The van der Waals surface area contributed by atoms with Gasteiger partial charge in [0.15, 0.2) is 0 Å². The third-order valence-electron chi connectivity index (χ3n) is 1.33. The highest BCUT2D eigenvalue weighted by molar-refractivity contribution is 6.83. The zero-order valence-corrected chi connectivity index (χ0v) is 8.68. The molecule has 0 atom stereocenters. The van der Waals surface area contributed by atoms with Gasteiger partial charge in [0.05, 0.1) is 6.54 Å². The van der Waals surface area contributed by atoms with E-state index in [4.69, 9.17) is 4.74 Å². The fourth-order valence-corrected chi connectivity index (χ4v) is 1.20. The van der Waals surface area contributed by atoms with Crippen molar-refractivity contribution in [2.75, 3.05) is 13.2 Å². The molecule has 0 N–H and O–H groups in total. The zero-order chi connectivity index (χ0) is 9.19. The quantitative estimate of drug-likeness (QED) is 0.418. The first-order valence-electron chi connectivity index (χ1n) is 3.96. The van der Waals surface area contributed by atoms with Gasteiger partial charge in [-0.25, -0.2) is 9.69 Å². The van der Waals surface area contributed by atoms with Gasteiger partial charge in [0.2, 0.25) is 0 Å². The highest BCUT2D eigenvalue weighted by atomic mass is 28.3. The van der Waals surface area contributed by atoms with Crippen LogP contribution in [0, 0.1) is 11.6 Å². The fraction of sp³-hybridized carbons (Fsp3) is 0.625. The van der Waals surface area contributed by atoms with Gasteiger partial charge < -0.3 is 4.74 Å². The lowest BCUT2D eigenvalue weighted by Crippen LogP contribution is -2.22. The number of amides is 1. The Balaban J connectivity index is 2.59. The summed E-state index contributed by atoms with van der Waals surface area (Å²) in [6.07, 6.45) is -0.305. The monoisotopic (exact) mass is 183 g/mol. The molecule has 0 aliphatic carbocycles. The van der Waals surface area contributed by atoms with E-state index in [9.17, 15) is 4.79 Å². The fourth-order valence-electron chi connectivity index (χ4n) is 0.730. The summed E-state index contributed by atoms with van der Waals surface area (Å²) in [6, 6.07) is 2.84. The van der Waals surface area contributed by atoms with Crippen molar-refractivity contribution in [1.82, 2.24) is 4.90 Å². The topological polar surface area (TPSA) is 29.5 Å². The smallest absolute Gasteiger partial charge is 0.421 e. The van der Waals surface area contributed by atoms with E-state index in [0.29, 0.717) is 13.2 Å². The van der Waals surface area contributed by atoms with Crippen molar-refractivity contribution in [3.63, 3.8) is 0 Å². The first-order chi connectivity index (χ1) is 5.49. The van der Waals surface area contributed by atoms with Crippen LogP contribution in [0.3, 0.4) is 0 Å². The van der Waals surface area contributed by atoms with Gasteiger partial charge in [-0.05, 0) is 0 Å². The van der Waals surface area contributed by atoms with Crippen molar-refractivity contribution in [1.29, 1.82) is 0 Å². The second-order valence-electron chi connectivity index (χ2n) is 3.75. The predicted molar refractivity (Wildman–Crippen MR) is 49.2 cm³/mol. The Hall–Kier alpha value is -0.953. The molecule has 1 heterocycles. The molecule has 0 radical (unpaired) electrons. The highest BCUT2D eigenvalue weighted by Crippen LogP contribution is 2.02. The molecule has 1 saturated heterocycles. The molecule has 1 rings (SSSR count). The van der Waals surface area contributed by atoms with Gasteiger partial charge >= 0.3 is 6.09 Å². The minimum Gasteiger partial charge on any atom is -0.447 e. The summed E-state index contributed by atoms with van der Waals surface area (Å²) in [5.41, 5.74) is 3.11. The molecule has 0 aromatic rings. The summed E-state index contributed by atoms with van der Waals surface area (Å²) in [7, 11) is -1.36. The SMILES string of the molecule is C[Si](C)(C)C#CN1CCOC1=O. The number of ether oxygens (including phenoxy) is 1. The molecule has 1 aliphatic rings. The molecule has 1 aliphatic heterocycles. The van der Waals surface area contributed by atoms with E-state index in [2.05, 4.69) is 31.2 Å². The van der Waals surface area contributed by atoms with Crippen LogP contribution in [0.4, 0.5) is 4.79 Å². The summed E-state index contributed by atoms with van der Waals surface area (Å²) in [5, 5.41) is 0. The van der Waals surface area contributed by atoms with E-state index in [-0.39, 0.29) is 6.09 Å². The molecular weight excluding hydrogens is 170 g/mol. The number of hydrogen-bond donors (Lipinski definition) is 0. The Morgan fingerprint density at radius 2 is 2.17 bits per heavy atom. The van der Waals surface area contributed by atoms with Gasteiger partial charge in [-0.2, -0.15) is 0 Å². The van der Waals surface area contributed by atoms with Crippen LogP contribution in [0.2, 0.25) is 19.6 Å². The Bertz CT molecular complexity index is 246. The van der Waals surface area contributed by atoms with Crippen molar-refractivity contribution in [2.45, 2.75) is 19.6 Å². The van der Waals surface area contributed by atoms with E-state index in [0.717, 1.165) is 0 Å². The van der Waals surface area contributed by atoms with Crippen LogP contribution in [0.25, 0.3) is 0 Å². The lowest BCUT2D eigenvalue weighted by atomic mass is 10.7. The van der Waals surface area contributed by atoms with Crippen LogP contribution in [0.15, 0.2) is 0 Å². The molecule has 0 unspecified atom stereocenters. The van der Waals surface area contributed by atoms with Crippen LogP contribution < -0.4 is 0 Å². The predicted octanol–water partition coefficient (Wildman–Crippen LogP) is 1.28. The van der Waals surface area contributed by atoms with Gasteiger partial charge in [-0.15, -0.1) is 5.54 Å². The highest BCUT2D eigenvalue weighted by Gasteiger charge is 2.20. The molecule has 3 nitrogen and oxygen atoms in total. The molecule has 66 valence electrons. The lowest BCUT2D eigenvalue weighted by molar-refractivity contribution is 0.167. The summed E-state index contributed by atoms with van der Waals surface area (Å²) < 4.78 is 4.73. The third-order valence-corrected chi connectivity index (χ3v) is 2.19. The van der Waals surface area contributed by atoms with Crippen molar-refractivity contribution in [3.05, 3.63) is 0 Å². The Morgan fingerprint density at radius 1 is 1.50 bits per heavy atom. The maximum atomic E-state index is 10.9. The second kappa shape index (κ2) is 3.19. The van der Waals surface area contributed by atoms with Crippen LogP contribution in [-0.4, -0.2) is 32.2 Å². The van der Waals surface area contributed by atoms with Gasteiger partial charge in [-0.3, -0.25) is 0 Å². The maximum Gasteiger partial charge on any atom is 0.421 e. The van der Waals surface area contributed by atoms with Gasteiger partial charge in [0, 0.05) is 6.04 Å². The van der Waals surface area contributed by atoms with Gasteiger partial charge in [0.25, 0.3) is 0 Å². The molecule has 0 saturated carbocycles. The number of carbonyl (C=O) groups excluding carboxylic acids is 1. The lowest BCUT2D eigenvalue weighted by Gasteiger charge is -2.06. The van der Waals surface area contributed by atoms with Crippen LogP contribution in [0.5, 0.6) is 0 Å². The molecule has 1 fully saturated rings. The molecule has 0 bridgehead atoms. The molecule has 12 heavy (non-hydrogen) atoms. The van der Waals surface area contributed by atoms with Crippen LogP contribution in [0.1, 0.15) is 0 Å². The summed E-state index contributed by atoms with van der Waals surface area (Å²) in [6.45, 7) is 7.50. The molecule has 0 aromatic heterocycles. The second-order valence-corrected chi connectivity index (χ2v) is 8.50. The maximum absolute atomic E-state index is 10.9. The number of carbonyl (C=O) groups is 1. The standard InChI is InChI=1S/C8H13NO2Si/c1-12(2,3)7-5-9-4-6-11-8(9)10/h4,6H2,1-3H3. The molecule has 0 spiro atoms. The van der Waals surface area contributed by atoms with Crippen molar-refractivity contribution in [3.8, 4) is 11.6 Å². The molecule has 1 amide bonds. The van der Waals surface area contributed by atoms with E-state index < -0.39 is 8.07 Å². The minimum absolute atomic E-state index is 0.305.